The van der Waals surface area contributed by atoms with Gasteiger partial charge >= 0.3 is 0 Å². The Bertz CT molecular complexity index is 599. The summed E-state index contributed by atoms with van der Waals surface area (Å²) in [5.74, 6) is 0.481. The van der Waals surface area contributed by atoms with Crippen LogP contribution in [0.25, 0.3) is 0 Å². The van der Waals surface area contributed by atoms with Crippen molar-refractivity contribution in [2.75, 3.05) is 0 Å². The molecule has 1 aliphatic carbocycles. The quantitative estimate of drug-likeness (QED) is 0.691. The molecule has 0 spiro atoms. The second-order valence-corrected chi connectivity index (χ2v) is 5.44. The molecular weight excluding hydrogens is 260 g/mol. The van der Waals surface area contributed by atoms with E-state index in [9.17, 15) is 4.79 Å². The van der Waals surface area contributed by atoms with Crippen LogP contribution < -0.4 is 5.43 Å². The Kier molecular flexibility index (Phi) is 3.46. The van der Waals surface area contributed by atoms with E-state index in [2.05, 4.69) is 10.5 Å². The molecule has 0 aliphatic heterocycles. The lowest BCUT2D eigenvalue weighted by Crippen LogP contribution is -2.19. The fourth-order valence-electron chi connectivity index (χ4n) is 2.26. The van der Waals surface area contributed by atoms with Gasteiger partial charge in [-0.25, -0.2) is 5.43 Å². The average Bonchev–Trinajstić information content (AvgIpc) is 3.07. The van der Waals surface area contributed by atoms with Crippen molar-refractivity contribution < 1.29 is 9.21 Å². The number of thiophene rings is 1. The number of aryl methyl sites for hydroxylation is 1. The zero-order chi connectivity index (χ0) is 13.1. The summed E-state index contributed by atoms with van der Waals surface area (Å²) in [4.78, 5) is 13.4. The van der Waals surface area contributed by atoms with Gasteiger partial charge in [0.2, 0.25) is 0 Å². The van der Waals surface area contributed by atoms with E-state index in [-0.39, 0.29) is 5.91 Å². The van der Waals surface area contributed by atoms with Gasteiger partial charge in [0, 0.05) is 10.3 Å². The SMILES string of the molecule is O=C(N/N=C/c1ccco1)c1csc2c1CCCC2. The van der Waals surface area contributed by atoms with E-state index in [0.717, 1.165) is 18.4 Å². The number of hydrazone groups is 1. The summed E-state index contributed by atoms with van der Waals surface area (Å²) in [6, 6.07) is 3.56. The number of carbonyl (C=O) groups is 1. The zero-order valence-corrected chi connectivity index (χ0v) is 11.2. The third-order valence-corrected chi connectivity index (χ3v) is 4.30. The van der Waals surface area contributed by atoms with Gasteiger partial charge in [0.25, 0.3) is 5.91 Å². The van der Waals surface area contributed by atoms with Crippen molar-refractivity contribution >= 4 is 23.5 Å². The predicted molar refractivity (Wildman–Crippen MR) is 74.7 cm³/mol. The summed E-state index contributed by atoms with van der Waals surface area (Å²) in [6.07, 6.45) is 7.56. The smallest absolute Gasteiger partial charge is 0.272 e. The Morgan fingerprint density at radius 1 is 1.42 bits per heavy atom. The first-order chi connectivity index (χ1) is 9.34. The van der Waals surface area contributed by atoms with E-state index >= 15 is 0 Å². The number of nitrogens with zero attached hydrogens (tertiary/aromatic N) is 1. The standard InChI is InChI=1S/C14H14N2O2S/c17-14(16-15-8-10-4-3-7-18-10)12-9-19-13-6-2-1-5-11(12)13/h3-4,7-9H,1-2,5-6H2,(H,16,17)/b15-8+. The molecular formula is C14H14N2O2S. The monoisotopic (exact) mass is 274 g/mol. The number of fused-ring (bicyclic) bond motifs is 1. The minimum atomic E-state index is -0.137. The van der Waals surface area contributed by atoms with Crippen LogP contribution in [0.15, 0.2) is 33.3 Å². The van der Waals surface area contributed by atoms with E-state index in [4.69, 9.17) is 4.42 Å². The van der Waals surface area contributed by atoms with Crippen molar-refractivity contribution in [2.45, 2.75) is 25.7 Å². The normalized spacial score (nSPS) is 14.5. The van der Waals surface area contributed by atoms with Gasteiger partial charge in [-0.05, 0) is 43.4 Å². The largest absolute Gasteiger partial charge is 0.463 e. The summed E-state index contributed by atoms with van der Waals surface area (Å²) in [5, 5.41) is 5.84. The van der Waals surface area contributed by atoms with Crippen molar-refractivity contribution in [2.24, 2.45) is 5.10 Å². The average molecular weight is 274 g/mol. The van der Waals surface area contributed by atoms with Gasteiger partial charge in [0.05, 0.1) is 18.0 Å². The number of furan rings is 1. The summed E-state index contributed by atoms with van der Waals surface area (Å²) in [5.41, 5.74) is 4.54. The van der Waals surface area contributed by atoms with Crippen LogP contribution in [-0.2, 0) is 12.8 Å². The van der Waals surface area contributed by atoms with Gasteiger partial charge in [-0.3, -0.25) is 4.79 Å². The lowest BCUT2D eigenvalue weighted by atomic mass is 9.96. The fourth-order valence-corrected chi connectivity index (χ4v) is 3.39. The van der Waals surface area contributed by atoms with Crippen molar-refractivity contribution in [1.29, 1.82) is 0 Å². The Hall–Kier alpha value is -1.88. The first kappa shape index (κ1) is 12.2. The van der Waals surface area contributed by atoms with Crippen molar-refractivity contribution in [3.63, 3.8) is 0 Å². The molecule has 1 aliphatic rings. The van der Waals surface area contributed by atoms with Crippen molar-refractivity contribution in [3.8, 4) is 0 Å². The van der Waals surface area contributed by atoms with Crippen LogP contribution in [0.5, 0.6) is 0 Å². The lowest BCUT2D eigenvalue weighted by molar-refractivity contribution is 0.0954. The molecule has 98 valence electrons. The highest BCUT2D eigenvalue weighted by Crippen LogP contribution is 2.30. The molecule has 2 heterocycles. The number of hydrogen-bond acceptors (Lipinski definition) is 4. The second-order valence-electron chi connectivity index (χ2n) is 4.47. The Morgan fingerprint density at radius 3 is 3.16 bits per heavy atom. The highest BCUT2D eigenvalue weighted by Gasteiger charge is 2.19. The maximum absolute atomic E-state index is 12.1. The Balaban J connectivity index is 1.69. The molecule has 0 saturated heterocycles. The third kappa shape index (κ3) is 2.61. The number of rotatable bonds is 3. The first-order valence-corrected chi connectivity index (χ1v) is 7.19. The van der Waals surface area contributed by atoms with E-state index in [1.807, 2.05) is 5.38 Å². The van der Waals surface area contributed by atoms with Crippen LogP contribution in [0, 0.1) is 0 Å². The molecule has 0 atom stereocenters. The van der Waals surface area contributed by atoms with Gasteiger partial charge < -0.3 is 4.42 Å². The van der Waals surface area contributed by atoms with Gasteiger partial charge in [0.15, 0.2) is 0 Å². The molecule has 3 rings (SSSR count). The van der Waals surface area contributed by atoms with Crippen LogP contribution in [-0.4, -0.2) is 12.1 Å². The highest BCUT2D eigenvalue weighted by atomic mass is 32.1. The summed E-state index contributed by atoms with van der Waals surface area (Å²) in [7, 11) is 0. The number of nitrogens with one attached hydrogen (secondary N) is 1. The van der Waals surface area contributed by atoms with Gasteiger partial charge in [-0.15, -0.1) is 11.3 Å². The molecule has 0 aromatic carbocycles. The molecule has 1 amide bonds. The maximum atomic E-state index is 12.1. The topological polar surface area (TPSA) is 54.6 Å². The molecule has 4 nitrogen and oxygen atoms in total. The number of hydrogen-bond donors (Lipinski definition) is 1. The molecule has 0 unspecified atom stereocenters. The van der Waals surface area contributed by atoms with E-state index in [1.165, 1.54) is 29.5 Å². The third-order valence-electron chi connectivity index (χ3n) is 3.21. The first-order valence-electron chi connectivity index (χ1n) is 6.31. The highest BCUT2D eigenvalue weighted by molar-refractivity contribution is 7.10. The van der Waals surface area contributed by atoms with Gasteiger partial charge in [-0.1, -0.05) is 0 Å². The maximum Gasteiger partial charge on any atom is 0.272 e. The molecule has 5 heteroatoms. The molecule has 1 N–H and O–H groups in total. The van der Waals surface area contributed by atoms with E-state index in [1.54, 1.807) is 29.7 Å². The molecule has 0 radical (unpaired) electrons. The second kappa shape index (κ2) is 5.40. The van der Waals surface area contributed by atoms with Crippen molar-refractivity contribution in [3.05, 3.63) is 45.5 Å². The lowest BCUT2D eigenvalue weighted by Gasteiger charge is -2.11. The fraction of sp³-hybridized carbons (Fsp3) is 0.286. The van der Waals surface area contributed by atoms with E-state index in [0.29, 0.717) is 5.76 Å². The van der Waals surface area contributed by atoms with E-state index < -0.39 is 0 Å². The minimum Gasteiger partial charge on any atom is -0.463 e. The number of amides is 1. The van der Waals surface area contributed by atoms with Crippen LogP contribution in [0.2, 0.25) is 0 Å². The van der Waals surface area contributed by atoms with Crippen LogP contribution in [0.1, 0.15) is 39.4 Å². The minimum absolute atomic E-state index is 0.137. The van der Waals surface area contributed by atoms with Crippen LogP contribution in [0.4, 0.5) is 0 Å². The Labute approximate surface area is 115 Å². The van der Waals surface area contributed by atoms with Crippen molar-refractivity contribution in [1.82, 2.24) is 5.43 Å². The Morgan fingerprint density at radius 2 is 2.32 bits per heavy atom. The predicted octanol–water partition coefficient (Wildman–Crippen LogP) is 2.98. The summed E-state index contributed by atoms with van der Waals surface area (Å²) < 4.78 is 5.10. The van der Waals surface area contributed by atoms with Gasteiger partial charge in [0.1, 0.15) is 5.76 Å². The van der Waals surface area contributed by atoms with Crippen LogP contribution >= 0.6 is 11.3 Å². The molecule has 2 aromatic rings. The molecule has 0 fully saturated rings. The molecule has 0 bridgehead atoms. The zero-order valence-electron chi connectivity index (χ0n) is 10.4. The number of carbonyl (C=O) groups excluding carboxylic acids is 1. The molecule has 19 heavy (non-hydrogen) atoms. The molecule has 2 aromatic heterocycles. The summed E-state index contributed by atoms with van der Waals surface area (Å²) in [6.45, 7) is 0. The van der Waals surface area contributed by atoms with Crippen LogP contribution in [0.3, 0.4) is 0 Å². The summed E-state index contributed by atoms with van der Waals surface area (Å²) >= 11 is 1.68. The van der Waals surface area contributed by atoms with Gasteiger partial charge in [-0.2, -0.15) is 5.10 Å². The molecule has 0 saturated carbocycles.